The van der Waals surface area contributed by atoms with Crippen molar-refractivity contribution in [3.05, 3.63) is 123 Å². The minimum Gasteiger partial charge on any atom is -0.494 e. The molecule has 0 aliphatic heterocycles. The summed E-state index contributed by atoms with van der Waals surface area (Å²) in [5.41, 5.74) is 1.99. The number of benzene rings is 4. The van der Waals surface area contributed by atoms with Gasteiger partial charge in [0.05, 0.1) is 17.2 Å². The van der Waals surface area contributed by atoms with Crippen LogP contribution in [-0.4, -0.2) is 50.4 Å². The van der Waals surface area contributed by atoms with E-state index in [-0.39, 0.29) is 29.8 Å². The van der Waals surface area contributed by atoms with E-state index in [1.165, 1.54) is 17.0 Å². The van der Waals surface area contributed by atoms with Gasteiger partial charge >= 0.3 is 0 Å². The molecule has 0 spiro atoms. The van der Waals surface area contributed by atoms with Crippen LogP contribution >= 0.6 is 31.9 Å². The second-order valence-electron chi connectivity index (χ2n) is 12.1. The molecule has 2 amide bonds. The normalized spacial score (nSPS) is 14.1. The molecule has 258 valence electrons. The van der Waals surface area contributed by atoms with Crippen LogP contribution in [0, 0.1) is 0 Å². The zero-order valence-electron chi connectivity index (χ0n) is 27.4. The van der Waals surface area contributed by atoms with Gasteiger partial charge in [-0.05, 0) is 91.6 Å². The van der Waals surface area contributed by atoms with E-state index in [1.807, 2.05) is 61.5 Å². The van der Waals surface area contributed by atoms with Gasteiger partial charge in [-0.2, -0.15) is 0 Å². The molecule has 0 saturated heterocycles. The molecular weight excluding hydrogens is 770 g/mol. The summed E-state index contributed by atoms with van der Waals surface area (Å²) in [6.45, 7) is 1.90. The second kappa shape index (κ2) is 17.3. The van der Waals surface area contributed by atoms with Gasteiger partial charge in [0.15, 0.2) is 0 Å². The molecule has 0 aromatic heterocycles. The fourth-order valence-corrected chi connectivity index (χ4v) is 8.19. The summed E-state index contributed by atoms with van der Waals surface area (Å²) >= 11 is 6.92. The Labute approximate surface area is 306 Å². The molecule has 1 atom stereocenters. The molecule has 1 saturated carbocycles. The zero-order valence-corrected chi connectivity index (χ0v) is 31.4. The Morgan fingerprint density at radius 3 is 2.16 bits per heavy atom. The Bertz CT molecular complexity index is 1800. The maximum absolute atomic E-state index is 14.7. The van der Waals surface area contributed by atoms with Gasteiger partial charge in [0.2, 0.25) is 11.8 Å². The zero-order chi connectivity index (χ0) is 34.8. The van der Waals surface area contributed by atoms with E-state index in [2.05, 4.69) is 37.2 Å². The van der Waals surface area contributed by atoms with Gasteiger partial charge in [-0.3, -0.25) is 13.9 Å². The van der Waals surface area contributed by atoms with Crippen LogP contribution in [0.15, 0.2) is 117 Å². The molecule has 1 N–H and O–H groups in total. The summed E-state index contributed by atoms with van der Waals surface area (Å²) in [5.74, 6) is -0.172. The van der Waals surface area contributed by atoms with Crippen LogP contribution in [0.5, 0.6) is 5.75 Å². The third-order valence-electron chi connectivity index (χ3n) is 8.58. The predicted octanol–water partition coefficient (Wildman–Crippen LogP) is 7.89. The van der Waals surface area contributed by atoms with Crippen LogP contribution in [0.4, 0.5) is 5.69 Å². The molecule has 1 aliphatic carbocycles. The van der Waals surface area contributed by atoms with Gasteiger partial charge in [0.25, 0.3) is 10.0 Å². The Balaban J connectivity index is 1.56. The van der Waals surface area contributed by atoms with Crippen LogP contribution in [-0.2, 0) is 32.6 Å². The summed E-state index contributed by atoms with van der Waals surface area (Å²) < 4.78 is 36.9. The lowest BCUT2D eigenvalue weighted by Gasteiger charge is -2.35. The van der Waals surface area contributed by atoms with E-state index in [4.69, 9.17) is 4.74 Å². The number of carbonyl (C=O) groups excluding carboxylic acids is 2. The van der Waals surface area contributed by atoms with Crippen LogP contribution in [0.2, 0.25) is 0 Å². The first-order chi connectivity index (χ1) is 23.6. The van der Waals surface area contributed by atoms with Crippen molar-refractivity contribution in [3.8, 4) is 5.75 Å². The van der Waals surface area contributed by atoms with Gasteiger partial charge in [-0.1, -0.05) is 93.6 Å². The summed E-state index contributed by atoms with van der Waals surface area (Å²) in [4.78, 5) is 30.6. The lowest BCUT2D eigenvalue weighted by atomic mass is 9.94. The first-order valence-electron chi connectivity index (χ1n) is 16.5. The largest absolute Gasteiger partial charge is 0.494 e. The SMILES string of the molecule is CCOc1ccc(N(CC(=O)N(Cc2cccc(Br)c2)C(Cc2ccccc2)C(=O)NC2CCCCC2)S(=O)(=O)c2ccc(Br)cc2)cc1. The average Bonchev–Trinajstić information content (AvgIpc) is 3.10. The van der Waals surface area contributed by atoms with Crippen molar-refractivity contribution >= 4 is 59.4 Å². The van der Waals surface area contributed by atoms with E-state index < -0.39 is 28.5 Å². The number of anilines is 1. The summed E-state index contributed by atoms with van der Waals surface area (Å²) in [6.07, 6.45) is 5.27. The number of sulfonamides is 1. The van der Waals surface area contributed by atoms with E-state index in [9.17, 15) is 18.0 Å². The molecule has 1 aliphatic rings. The molecule has 0 bridgehead atoms. The standard InChI is InChI=1S/C38H41Br2N3O5S/c1-2-48-34-20-18-33(19-21-34)43(49(46,47)35-22-16-30(39)17-23-35)27-37(44)42(26-29-12-9-13-31(40)24-29)36(25-28-10-5-3-6-11-28)38(45)41-32-14-7-4-8-15-32/h3,5-6,9-13,16-24,32,36H,2,4,7-8,14-15,25-27H2,1H3,(H,41,45). The maximum Gasteiger partial charge on any atom is 0.264 e. The highest BCUT2D eigenvalue weighted by Gasteiger charge is 2.35. The van der Waals surface area contributed by atoms with Crippen molar-refractivity contribution in [2.24, 2.45) is 0 Å². The van der Waals surface area contributed by atoms with Crippen LogP contribution < -0.4 is 14.4 Å². The van der Waals surface area contributed by atoms with Gasteiger partial charge in [0.1, 0.15) is 18.3 Å². The third kappa shape index (κ3) is 9.95. The van der Waals surface area contributed by atoms with Crippen LogP contribution in [0.3, 0.4) is 0 Å². The quantitative estimate of drug-likeness (QED) is 0.140. The maximum atomic E-state index is 14.7. The highest BCUT2D eigenvalue weighted by atomic mass is 79.9. The van der Waals surface area contributed by atoms with Crippen molar-refractivity contribution in [3.63, 3.8) is 0 Å². The molecule has 5 rings (SSSR count). The number of nitrogens with zero attached hydrogens (tertiary/aromatic N) is 2. The first-order valence-corrected chi connectivity index (χ1v) is 19.6. The molecule has 0 radical (unpaired) electrons. The van der Waals surface area contributed by atoms with Crippen molar-refractivity contribution in [2.75, 3.05) is 17.5 Å². The molecule has 0 heterocycles. The fraction of sp³-hybridized carbons (Fsp3) is 0.316. The number of carbonyl (C=O) groups is 2. The average molecular weight is 812 g/mol. The minimum absolute atomic E-state index is 0.0282. The molecule has 4 aromatic rings. The second-order valence-corrected chi connectivity index (χ2v) is 15.8. The fourth-order valence-electron chi connectivity index (χ4n) is 6.07. The van der Waals surface area contributed by atoms with E-state index >= 15 is 0 Å². The van der Waals surface area contributed by atoms with Crippen molar-refractivity contribution in [1.29, 1.82) is 0 Å². The molecule has 8 nitrogen and oxygen atoms in total. The topological polar surface area (TPSA) is 96.0 Å². The number of hydrogen-bond acceptors (Lipinski definition) is 5. The van der Waals surface area contributed by atoms with Gasteiger partial charge in [-0.25, -0.2) is 8.42 Å². The molecule has 11 heteroatoms. The van der Waals surface area contributed by atoms with Gasteiger partial charge in [-0.15, -0.1) is 0 Å². The lowest BCUT2D eigenvalue weighted by molar-refractivity contribution is -0.140. The Morgan fingerprint density at radius 1 is 0.837 bits per heavy atom. The Kier molecular flexibility index (Phi) is 12.9. The van der Waals surface area contributed by atoms with Crippen LogP contribution in [0.25, 0.3) is 0 Å². The van der Waals surface area contributed by atoms with Gasteiger partial charge < -0.3 is 15.0 Å². The number of halogens is 2. The summed E-state index contributed by atoms with van der Waals surface area (Å²) in [5, 5.41) is 3.24. The third-order valence-corrected chi connectivity index (χ3v) is 11.4. The van der Waals surface area contributed by atoms with Gasteiger partial charge in [0, 0.05) is 28.0 Å². The molecule has 4 aromatic carbocycles. The molecular formula is C38H41Br2N3O5S. The van der Waals surface area contributed by atoms with Crippen LogP contribution in [0.1, 0.15) is 50.2 Å². The number of hydrogen-bond donors (Lipinski definition) is 1. The summed E-state index contributed by atoms with van der Waals surface area (Å²) in [7, 11) is -4.22. The first kappa shape index (κ1) is 36.6. The van der Waals surface area contributed by atoms with Crippen molar-refractivity contribution in [1.82, 2.24) is 10.2 Å². The Morgan fingerprint density at radius 2 is 1.51 bits per heavy atom. The number of nitrogens with one attached hydrogen (secondary N) is 1. The Hall–Kier alpha value is -3.67. The highest BCUT2D eigenvalue weighted by Crippen LogP contribution is 2.28. The molecule has 49 heavy (non-hydrogen) atoms. The molecule has 1 unspecified atom stereocenters. The lowest BCUT2D eigenvalue weighted by Crippen LogP contribution is -2.55. The number of amides is 2. The smallest absolute Gasteiger partial charge is 0.264 e. The van der Waals surface area contributed by atoms with Crippen molar-refractivity contribution in [2.45, 2.75) is 69.0 Å². The monoisotopic (exact) mass is 809 g/mol. The van der Waals surface area contributed by atoms with E-state index in [0.717, 1.165) is 56.5 Å². The number of rotatable bonds is 14. The predicted molar refractivity (Wildman–Crippen MR) is 200 cm³/mol. The number of ether oxygens (including phenoxy) is 1. The van der Waals surface area contributed by atoms with E-state index in [0.29, 0.717) is 18.0 Å². The minimum atomic E-state index is -4.22. The summed E-state index contributed by atoms with van der Waals surface area (Å²) in [6, 6.07) is 29.2. The van der Waals surface area contributed by atoms with Crippen molar-refractivity contribution < 1.29 is 22.7 Å². The van der Waals surface area contributed by atoms with E-state index in [1.54, 1.807) is 36.4 Å². The highest BCUT2D eigenvalue weighted by molar-refractivity contribution is 9.10. The molecule has 1 fully saturated rings.